The van der Waals surface area contributed by atoms with Gasteiger partial charge in [-0.15, -0.1) is 5.10 Å². The van der Waals surface area contributed by atoms with Crippen LogP contribution in [-0.4, -0.2) is 44.5 Å². The van der Waals surface area contributed by atoms with Gasteiger partial charge in [0.2, 0.25) is 11.1 Å². The van der Waals surface area contributed by atoms with E-state index in [9.17, 15) is 4.79 Å². The lowest BCUT2D eigenvalue weighted by Crippen LogP contribution is -2.30. The summed E-state index contributed by atoms with van der Waals surface area (Å²) in [5.41, 5.74) is 1.91. The van der Waals surface area contributed by atoms with Crippen LogP contribution in [0.4, 0.5) is 11.4 Å². The Bertz CT molecular complexity index is 876. The summed E-state index contributed by atoms with van der Waals surface area (Å²) in [5.74, 6) is 0.857. The van der Waals surface area contributed by atoms with Gasteiger partial charge in [-0.25, -0.2) is 4.68 Å². The van der Waals surface area contributed by atoms with Crippen LogP contribution in [0.3, 0.4) is 0 Å². The number of nitrogens with zero attached hydrogens (tertiary/aromatic N) is 5. The van der Waals surface area contributed by atoms with Gasteiger partial charge in [0, 0.05) is 24.0 Å². The van der Waals surface area contributed by atoms with Gasteiger partial charge in [-0.3, -0.25) is 4.79 Å². The standard InChI is InChI=1S/C19H24N6O2S/c1-4-24(14(2)3)16-9-7-15(8-10-16)20-18(26)13-28-19-21-22-23-25(19)12-17-6-5-11-27-17/h5-11,14H,4,12-13H2,1-3H3,(H,20,26). The fraction of sp³-hybridized carbons (Fsp3) is 0.368. The third-order valence-electron chi connectivity index (χ3n) is 4.16. The highest BCUT2D eigenvalue weighted by molar-refractivity contribution is 7.99. The molecule has 8 nitrogen and oxygen atoms in total. The molecule has 0 spiro atoms. The highest BCUT2D eigenvalue weighted by Crippen LogP contribution is 2.21. The summed E-state index contributed by atoms with van der Waals surface area (Å²) >= 11 is 1.28. The summed E-state index contributed by atoms with van der Waals surface area (Å²) in [7, 11) is 0. The van der Waals surface area contributed by atoms with Crippen LogP contribution in [0, 0.1) is 0 Å². The van der Waals surface area contributed by atoms with Crippen LogP contribution in [0.2, 0.25) is 0 Å². The van der Waals surface area contributed by atoms with Gasteiger partial charge >= 0.3 is 0 Å². The van der Waals surface area contributed by atoms with E-state index in [-0.39, 0.29) is 11.7 Å². The number of furan rings is 1. The molecule has 0 aliphatic carbocycles. The van der Waals surface area contributed by atoms with Crippen LogP contribution < -0.4 is 10.2 Å². The number of hydrogen-bond acceptors (Lipinski definition) is 7. The largest absolute Gasteiger partial charge is 0.467 e. The molecule has 2 heterocycles. The minimum absolute atomic E-state index is 0.110. The third kappa shape index (κ3) is 5.13. The van der Waals surface area contributed by atoms with E-state index in [0.717, 1.165) is 23.7 Å². The lowest BCUT2D eigenvalue weighted by Gasteiger charge is -2.27. The van der Waals surface area contributed by atoms with Crippen molar-refractivity contribution in [1.29, 1.82) is 0 Å². The smallest absolute Gasteiger partial charge is 0.234 e. The van der Waals surface area contributed by atoms with Crippen LogP contribution in [0.15, 0.2) is 52.2 Å². The van der Waals surface area contributed by atoms with Crippen molar-refractivity contribution in [3.05, 3.63) is 48.4 Å². The van der Waals surface area contributed by atoms with Crippen LogP contribution in [0.25, 0.3) is 0 Å². The zero-order valence-electron chi connectivity index (χ0n) is 16.2. The number of tetrazole rings is 1. The fourth-order valence-corrected chi connectivity index (χ4v) is 3.54. The zero-order chi connectivity index (χ0) is 19.9. The van der Waals surface area contributed by atoms with Crippen LogP contribution in [0.5, 0.6) is 0 Å². The second-order valence-corrected chi connectivity index (χ2v) is 7.40. The average molecular weight is 401 g/mol. The van der Waals surface area contributed by atoms with Gasteiger partial charge in [-0.05, 0) is 67.6 Å². The van der Waals surface area contributed by atoms with E-state index >= 15 is 0 Å². The minimum Gasteiger partial charge on any atom is -0.467 e. The Balaban J connectivity index is 1.53. The molecule has 3 aromatic rings. The zero-order valence-corrected chi connectivity index (χ0v) is 17.0. The normalized spacial score (nSPS) is 11.0. The predicted molar refractivity (Wildman–Crippen MR) is 110 cm³/mol. The number of thioether (sulfide) groups is 1. The summed E-state index contributed by atoms with van der Waals surface area (Å²) < 4.78 is 6.92. The summed E-state index contributed by atoms with van der Waals surface area (Å²) in [4.78, 5) is 14.6. The molecule has 0 radical (unpaired) electrons. The van der Waals surface area contributed by atoms with Gasteiger partial charge in [-0.1, -0.05) is 11.8 Å². The van der Waals surface area contributed by atoms with E-state index < -0.39 is 0 Å². The molecule has 1 aromatic carbocycles. The molecule has 0 aliphatic rings. The molecule has 0 saturated carbocycles. The Hall–Kier alpha value is -2.81. The van der Waals surface area contributed by atoms with Gasteiger partial charge in [0.05, 0.1) is 12.0 Å². The third-order valence-corrected chi connectivity index (χ3v) is 5.12. The van der Waals surface area contributed by atoms with Crippen molar-refractivity contribution < 1.29 is 9.21 Å². The first-order valence-corrected chi connectivity index (χ1v) is 10.1. The van der Waals surface area contributed by atoms with Crippen molar-refractivity contribution >= 4 is 29.0 Å². The molecule has 0 bridgehead atoms. The number of benzene rings is 1. The summed E-state index contributed by atoms with van der Waals surface area (Å²) in [6, 6.07) is 12.0. The van der Waals surface area contributed by atoms with Gasteiger partial charge in [-0.2, -0.15) is 0 Å². The topological polar surface area (TPSA) is 89.1 Å². The Morgan fingerprint density at radius 1 is 1.29 bits per heavy atom. The first-order chi connectivity index (χ1) is 13.6. The monoisotopic (exact) mass is 400 g/mol. The second kappa shape index (κ2) is 9.41. The maximum absolute atomic E-state index is 12.3. The molecule has 0 fully saturated rings. The number of amides is 1. The number of aromatic nitrogens is 4. The summed E-state index contributed by atoms with van der Waals surface area (Å²) in [6.45, 7) is 7.82. The highest BCUT2D eigenvalue weighted by Gasteiger charge is 2.12. The molecule has 0 saturated heterocycles. The molecule has 0 aliphatic heterocycles. The molecule has 148 valence electrons. The Morgan fingerprint density at radius 2 is 2.07 bits per heavy atom. The highest BCUT2D eigenvalue weighted by atomic mass is 32.2. The quantitative estimate of drug-likeness (QED) is 0.551. The number of carbonyl (C=O) groups excluding carboxylic acids is 1. The van der Waals surface area contributed by atoms with Crippen molar-refractivity contribution in [3.8, 4) is 0 Å². The van der Waals surface area contributed by atoms with Crippen LogP contribution in [0.1, 0.15) is 26.5 Å². The Morgan fingerprint density at radius 3 is 2.71 bits per heavy atom. The molecule has 9 heteroatoms. The predicted octanol–water partition coefficient (Wildman–Crippen LogP) is 3.28. The number of carbonyl (C=O) groups is 1. The molecule has 1 N–H and O–H groups in total. The molecule has 0 unspecified atom stereocenters. The lowest BCUT2D eigenvalue weighted by molar-refractivity contribution is -0.113. The number of rotatable bonds is 9. The first-order valence-electron chi connectivity index (χ1n) is 9.14. The summed E-state index contributed by atoms with van der Waals surface area (Å²) in [5, 5.41) is 15.1. The van der Waals surface area contributed by atoms with Gasteiger partial charge < -0.3 is 14.6 Å². The molecule has 3 rings (SSSR count). The maximum atomic E-state index is 12.3. The van der Waals surface area contributed by atoms with E-state index in [1.807, 2.05) is 36.4 Å². The molecular weight excluding hydrogens is 376 g/mol. The van der Waals surface area contributed by atoms with Gasteiger partial charge in [0.25, 0.3) is 0 Å². The number of anilines is 2. The van der Waals surface area contributed by atoms with E-state index in [1.54, 1.807) is 10.9 Å². The number of hydrogen-bond donors (Lipinski definition) is 1. The average Bonchev–Trinajstić information content (AvgIpc) is 3.34. The Kier molecular flexibility index (Phi) is 6.70. The molecule has 1 amide bonds. The first kappa shape index (κ1) is 19.9. The molecule has 28 heavy (non-hydrogen) atoms. The Labute approximate surface area is 168 Å². The second-order valence-electron chi connectivity index (χ2n) is 6.46. The number of nitrogens with one attached hydrogen (secondary N) is 1. The van der Waals surface area contributed by atoms with E-state index in [2.05, 4.69) is 46.5 Å². The minimum atomic E-state index is -0.110. The summed E-state index contributed by atoms with van der Waals surface area (Å²) in [6.07, 6.45) is 1.60. The molecule has 0 atom stereocenters. The van der Waals surface area contributed by atoms with Crippen molar-refractivity contribution in [2.75, 3.05) is 22.5 Å². The van der Waals surface area contributed by atoms with Crippen LogP contribution in [-0.2, 0) is 11.3 Å². The van der Waals surface area contributed by atoms with Gasteiger partial charge in [0.1, 0.15) is 12.3 Å². The van der Waals surface area contributed by atoms with Crippen molar-refractivity contribution in [2.24, 2.45) is 0 Å². The van der Waals surface area contributed by atoms with Crippen molar-refractivity contribution in [3.63, 3.8) is 0 Å². The van der Waals surface area contributed by atoms with Crippen LogP contribution >= 0.6 is 11.8 Å². The SMILES string of the molecule is CCN(c1ccc(NC(=O)CSc2nnnn2Cc2ccco2)cc1)C(C)C. The van der Waals surface area contributed by atoms with E-state index in [0.29, 0.717) is 17.7 Å². The molecule has 2 aromatic heterocycles. The van der Waals surface area contributed by atoms with Crippen molar-refractivity contribution in [1.82, 2.24) is 20.2 Å². The van der Waals surface area contributed by atoms with Crippen molar-refractivity contribution in [2.45, 2.75) is 38.5 Å². The fourth-order valence-electron chi connectivity index (χ4n) is 2.86. The maximum Gasteiger partial charge on any atom is 0.234 e. The van der Waals surface area contributed by atoms with Gasteiger partial charge in [0.15, 0.2) is 0 Å². The van der Waals surface area contributed by atoms with E-state index in [1.165, 1.54) is 11.8 Å². The molecular formula is C19H24N6O2S. The van der Waals surface area contributed by atoms with E-state index in [4.69, 9.17) is 4.42 Å². The lowest BCUT2D eigenvalue weighted by atomic mass is 10.2.